The number of carbonyl (C=O) groups excluding carboxylic acids is 1. The molecule has 5 heteroatoms. The summed E-state index contributed by atoms with van der Waals surface area (Å²) in [5.41, 5.74) is 3.40. The number of methoxy groups -OCH3 is 1. The Morgan fingerprint density at radius 1 is 1.23 bits per heavy atom. The van der Waals surface area contributed by atoms with Crippen LogP contribution in [0.25, 0.3) is 0 Å². The lowest BCUT2D eigenvalue weighted by Crippen LogP contribution is -2.16. The zero-order valence-corrected chi connectivity index (χ0v) is 13.7. The Hall–Kier alpha value is -2.30. The molecule has 0 radical (unpaired) electrons. The Kier molecular flexibility index (Phi) is 4.55. The summed E-state index contributed by atoms with van der Waals surface area (Å²) < 4.78 is 5.18. The van der Waals surface area contributed by atoms with Crippen LogP contribution in [-0.2, 0) is 5.41 Å². The Morgan fingerprint density at radius 3 is 2.41 bits per heavy atom. The molecule has 1 amide bonds. The molecule has 2 rings (SSSR count). The van der Waals surface area contributed by atoms with Gasteiger partial charge in [-0.25, -0.2) is 4.98 Å². The van der Waals surface area contributed by atoms with Crippen LogP contribution in [-0.4, -0.2) is 25.8 Å². The molecule has 0 bridgehead atoms. The highest BCUT2D eigenvalue weighted by Crippen LogP contribution is 2.23. The molecule has 0 aliphatic rings. The molecule has 1 aromatic heterocycles. The lowest BCUT2D eigenvalue weighted by Gasteiger charge is -2.19. The maximum Gasteiger partial charge on any atom is 0.255 e. The number of anilines is 1. The zero-order chi connectivity index (χ0) is 16.3. The molecule has 1 N–H and O–H groups in total. The fourth-order valence-corrected chi connectivity index (χ4v) is 2.12. The van der Waals surface area contributed by atoms with E-state index in [1.807, 2.05) is 38.2 Å². The van der Waals surface area contributed by atoms with Crippen LogP contribution >= 0.6 is 0 Å². The van der Waals surface area contributed by atoms with Crippen molar-refractivity contribution in [2.24, 2.45) is 0 Å². The van der Waals surface area contributed by atoms with Crippen molar-refractivity contribution < 1.29 is 9.53 Å². The van der Waals surface area contributed by atoms with Crippen molar-refractivity contribution >= 4 is 24.9 Å². The molecule has 0 fully saturated rings. The number of hydrogen-bond acceptors (Lipinski definition) is 3. The van der Waals surface area contributed by atoms with E-state index in [0.29, 0.717) is 17.1 Å². The second-order valence-electron chi connectivity index (χ2n) is 6.35. The van der Waals surface area contributed by atoms with Gasteiger partial charge in [0.05, 0.1) is 7.11 Å². The third-order valence-corrected chi connectivity index (χ3v) is 3.44. The number of aromatic nitrogens is 1. The molecule has 0 saturated carbocycles. The zero-order valence-electron chi connectivity index (χ0n) is 13.7. The van der Waals surface area contributed by atoms with Crippen molar-refractivity contribution in [2.45, 2.75) is 26.2 Å². The first-order valence-corrected chi connectivity index (χ1v) is 7.24. The van der Waals surface area contributed by atoms with E-state index >= 15 is 0 Å². The van der Waals surface area contributed by atoms with Crippen molar-refractivity contribution in [3.05, 3.63) is 47.7 Å². The molecule has 0 saturated heterocycles. The topological polar surface area (TPSA) is 51.2 Å². The molecule has 0 spiro atoms. The van der Waals surface area contributed by atoms with Gasteiger partial charge in [-0.3, -0.25) is 4.79 Å². The quantitative estimate of drug-likeness (QED) is 0.880. The van der Waals surface area contributed by atoms with Crippen molar-refractivity contribution in [1.82, 2.24) is 4.98 Å². The van der Waals surface area contributed by atoms with Gasteiger partial charge in [-0.1, -0.05) is 38.4 Å². The number of ether oxygens (including phenoxy) is 1. The molecule has 0 aliphatic heterocycles. The summed E-state index contributed by atoms with van der Waals surface area (Å²) in [5, 5.41) is 2.85. The van der Waals surface area contributed by atoms with E-state index in [2.05, 4.69) is 31.1 Å². The van der Waals surface area contributed by atoms with Gasteiger partial charge in [0.25, 0.3) is 5.91 Å². The average molecular weight is 296 g/mol. The van der Waals surface area contributed by atoms with Gasteiger partial charge in [-0.2, -0.15) is 0 Å². The highest BCUT2D eigenvalue weighted by atomic mass is 16.5. The smallest absolute Gasteiger partial charge is 0.255 e. The maximum atomic E-state index is 12.4. The fourth-order valence-electron chi connectivity index (χ4n) is 2.12. The predicted molar refractivity (Wildman–Crippen MR) is 92.1 cm³/mol. The van der Waals surface area contributed by atoms with Gasteiger partial charge in [-0.15, -0.1) is 0 Å². The molecule has 114 valence electrons. The summed E-state index contributed by atoms with van der Waals surface area (Å²) in [6.07, 6.45) is 1.70. The Labute approximate surface area is 132 Å². The van der Waals surface area contributed by atoms with Gasteiger partial charge in [0.1, 0.15) is 13.5 Å². The predicted octanol–water partition coefficient (Wildman–Crippen LogP) is 1.90. The summed E-state index contributed by atoms with van der Waals surface area (Å²) in [5.74, 6) is 0.233. The molecule has 22 heavy (non-hydrogen) atoms. The fraction of sp³-hybridized carbons (Fsp3) is 0.294. The third-order valence-electron chi connectivity index (χ3n) is 3.44. The minimum Gasteiger partial charge on any atom is -0.480 e. The van der Waals surface area contributed by atoms with Crippen molar-refractivity contribution in [1.29, 1.82) is 0 Å². The summed E-state index contributed by atoms with van der Waals surface area (Å²) in [6.45, 7) is 6.43. The van der Waals surface area contributed by atoms with E-state index < -0.39 is 0 Å². The molecule has 0 atom stereocenters. The van der Waals surface area contributed by atoms with Crippen LogP contribution in [0.5, 0.6) is 5.88 Å². The third kappa shape index (κ3) is 3.67. The van der Waals surface area contributed by atoms with Crippen molar-refractivity contribution in [3.63, 3.8) is 0 Å². The number of nitrogens with one attached hydrogen (secondary N) is 1. The van der Waals surface area contributed by atoms with E-state index in [1.165, 1.54) is 12.7 Å². The molecule has 1 aromatic carbocycles. The summed E-state index contributed by atoms with van der Waals surface area (Å²) in [4.78, 5) is 16.5. The summed E-state index contributed by atoms with van der Waals surface area (Å²) in [7, 11) is 3.45. The van der Waals surface area contributed by atoms with Crippen molar-refractivity contribution in [3.8, 4) is 5.88 Å². The summed E-state index contributed by atoms with van der Waals surface area (Å²) in [6, 6.07) is 9.49. The number of pyridine rings is 1. The van der Waals surface area contributed by atoms with Gasteiger partial charge in [0, 0.05) is 11.8 Å². The molecule has 0 aliphatic carbocycles. The lowest BCUT2D eigenvalue weighted by atomic mass is 9.86. The van der Waals surface area contributed by atoms with Crippen LogP contribution in [0.4, 0.5) is 5.69 Å². The highest BCUT2D eigenvalue weighted by molar-refractivity contribution is 6.32. The van der Waals surface area contributed by atoms with Crippen LogP contribution in [0.2, 0.25) is 0 Å². The highest BCUT2D eigenvalue weighted by Gasteiger charge is 2.15. The van der Waals surface area contributed by atoms with Crippen molar-refractivity contribution in [2.75, 3.05) is 12.4 Å². The number of carbonyl (C=O) groups is 1. The maximum absolute atomic E-state index is 12.4. The van der Waals surface area contributed by atoms with Gasteiger partial charge in [0.2, 0.25) is 5.88 Å². The normalized spacial score (nSPS) is 11.1. The van der Waals surface area contributed by atoms with E-state index in [-0.39, 0.29) is 11.3 Å². The number of nitrogens with zero attached hydrogens (tertiary/aromatic N) is 1. The van der Waals surface area contributed by atoms with Crippen LogP contribution in [0.1, 0.15) is 36.7 Å². The first-order chi connectivity index (χ1) is 10.3. The number of amides is 1. The van der Waals surface area contributed by atoms with E-state index in [4.69, 9.17) is 4.74 Å². The van der Waals surface area contributed by atoms with E-state index in [1.54, 1.807) is 6.20 Å². The Morgan fingerprint density at radius 2 is 1.86 bits per heavy atom. The average Bonchev–Trinajstić information content (AvgIpc) is 2.46. The van der Waals surface area contributed by atoms with E-state index in [9.17, 15) is 4.79 Å². The minimum absolute atomic E-state index is 0.0681. The number of rotatable bonds is 3. The first-order valence-electron chi connectivity index (χ1n) is 7.24. The van der Waals surface area contributed by atoms with Gasteiger partial charge in [-0.05, 0) is 29.2 Å². The first kappa shape index (κ1) is 16.1. The van der Waals surface area contributed by atoms with Gasteiger partial charge >= 0.3 is 0 Å². The molecule has 1 heterocycles. The molecule has 4 nitrogen and oxygen atoms in total. The van der Waals surface area contributed by atoms with Gasteiger partial charge in [0.15, 0.2) is 0 Å². The van der Waals surface area contributed by atoms with Crippen LogP contribution < -0.4 is 15.5 Å². The van der Waals surface area contributed by atoms with Crippen LogP contribution in [0.15, 0.2) is 36.5 Å². The van der Waals surface area contributed by atoms with Crippen LogP contribution in [0.3, 0.4) is 0 Å². The SMILES string of the molecule is Bc1cnc(OC)c(NC(=O)c2ccc(C(C)(C)C)cc2)c1. The second kappa shape index (κ2) is 6.22. The Bertz CT molecular complexity index is 676. The molecular weight excluding hydrogens is 275 g/mol. The lowest BCUT2D eigenvalue weighted by molar-refractivity contribution is 0.102. The van der Waals surface area contributed by atoms with E-state index in [0.717, 1.165) is 5.46 Å². The number of benzene rings is 1. The minimum atomic E-state index is -0.175. The molecular formula is C17H21BN2O2. The van der Waals surface area contributed by atoms with Gasteiger partial charge < -0.3 is 10.1 Å². The standard InChI is InChI=1S/C17H21BN2O2/c1-17(2,3)12-7-5-11(6-8-12)15(21)20-14-9-13(18)10-19-16(14)22-4/h5-10H,18H2,1-4H3,(H,20,21). The Balaban J connectivity index is 2.21. The second-order valence-corrected chi connectivity index (χ2v) is 6.35. The molecule has 0 unspecified atom stereocenters. The number of hydrogen-bond donors (Lipinski definition) is 1. The summed E-state index contributed by atoms with van der Waals surface area (Å²) >= 11 is 0. The molecule has 2 aromatic rings. The monoisotopic (exact) mass is 296 g/mol. The van der Waals surface area contributed by atoms with Crippen LogP contribution in [0, 0.1) is 0 Å². The largest absolute Gasteiger partial charge is 0.480 e.